The first kappa shape index (κ1) is 20.4. The zero-order chi connectivity index (χ0) is 22.1. The number of aromatic nitrogens is 1. The molecule has 4 rings (SSSR count). The summed E-state index contributed by atoms with van der Waals surface area (Å²) in [7, 11) is 1.75. The number of benzene rings is 3. The van der Waals surface area contributed by atoms with Gasteiger partial charge in [-0.15, -0.1) is 6.42 Å². The normalized spacial score (nSPS) is 10.8. The summed E-state index contributed by atoms with van der Waals surface area (Å²) in [4.78, 5) is 24.9. The third-order valence-corrected chi connectivity index (χ3v) is 5.90. The predicted octanol–water partition coefficient (Wildman–Crippen LogP) is 5.23. The van der Waals surface area contributed by atoms with Crippen molar-refractivity contribution in [1.29, 1.82) is 0 Å². The fraction of sp³-hybridized carbons (Fsp3) is 0.143. The highest BCUT2D eigenvalue weighted by Gasteiger charge is 2.16. The Morgan fingerprint density at radius 1 is 0.935 bits per heavy atom. The fourth-order valence-electron chi connectivity index (χ4n) is 4.16. The summed E-state index contributed by atoms with van der Waals surface area (Å²) >= 11 is 0. The van der Waals surface area contributed by atoms with Crippen molar-refractivity contribution in [2.75, 3.05) is 0 Å². The molecule has 0 aliphatic heterocycles. The lowest BCUT2D eigenvalue weighted by Gasteiger charge is -2.17. The highest BCUT2D eigenvalue weighted by Crippen LogP contribution is 2.33. The molecule has 0 bridgehead atoms. The van der Waals surface area contributed by atoms with Crippen LogP contribution in [0.4, 0.5) is 0 Å². The Balaban J connectivity index is 2.02. The second-order valence-corrected chi connectivity index (χ2v) is 7.90. The molecule has 0 radical (unpaired) electrons. The average Bonchev–Trinajstić information content (AvgIpc) is 2.78. The summed E-state index contributed by atoms with van der Waals surface area (Å²) in [5.41, 5.74) is 7.03. The van der Waals surface area contributed by atoms with Gasteiger partial charge in [0.05, 0.1) is 0 Å². The predicted molar refractivity (Wildman–Crippen MR) is 127 cm³/mol. The van der Waals surface area contributed by atoms with Crippen LogP contribution in [0.5, 0.6) is 0 Å². The van der Waals surface area contributed by atoms with Crippen molar-refractivity contribution >= 4 is 16.6 Å². The van der Waals surface area contributed by atoms with Crippen LogP contribution in [0.2, 0.25) is 0 Å². The molecule has 4 aromatic rings. The molecule has 0 fully saturated rings. The van der Waals surface area contributed by atoms with Gasteiger partial charge in [0.15, 0.2) is 0 Å². The van der Waals surface area contributed by atoms with Crippen molar-refractivity contribution in [3.63, 3.8) is 0 Å². The molecule has 0 saturated heterocycles. The summed E-state index contributed by atoms with van der Waals surface area (Å²) in [6, 6.07) is 19.5. The quantitative estimate of drug-likeness (QED) is 0.265. The Hall–Kier alpha value is -3.90. The monoisotopic (exact) mass is 405 g/mol. The number of fused-ring (bicyclic) bond motifs is 1. The largest absolute Gasteiger partial charge is 0.317 e. The van der Waals surface area contributed by atoms with Gasteiger partial charge in [-0.3, -0.25) is 9.59 Å². The SMILES string of the molecule is C#CC(=O)c1ccc(Cc2c(C)cccc2C)c(-c2cn(C)c(=O)c3ccccc23)c1. The van der Waals surface area contributed by atoms with E-state index in [-0.39, 0.29) is 11.3 Å². The Labute approximate surface area is 182 Å². The zero-order valence-corrected chi connectivity index (χ0v) is 17.9. The van der Waals surface area contributed by atoms with E-state index >= 15 is 0 Å². The van der Waals surface area contributed by atoms with E-state index in [0.717, 1.165) is 28.5 Å². The highest BCUT2D eigenvalue weighted by molar-refractivity contribution is 6.09. The van der Waals surface area contributed by atoms with E-state index in [9.17, 15) is 9.59 Å². The molecular weight excluding hydrogens is 382 g/mol. The Morgan fingerprint density at radius 2 is 1.61 bits per heavy atom. The molecule has 0 unspecified atom stereocenters. The van der Waals surface area contributed by atoms with Gasteiger partial charge in [-0.1, -0.05) is 48.5 Å². The van der Waals surface area contributed by atoms with Gasteiger partial charge in [-0.25, -0.2) is 0 Å². The first-order valence-corrected chi connectivity index (χ1v) is 10.2. The van der Waals surface area contributed by atoms with Crippen molar-refractivity contribution in [2.45, 2.75) is 20.3 Å². The number of ketones is 1. The molecule has 3 heteroatoms. The van der Waals surface area contributed by atoms with Gasteiger partial charge in [0.2, 0.25) is 5.78 Å². The van der Waals surface area contributed by atoms with Gasteiger partial charge in [0.1, 0.15) is 0 Å². The number of carbonyl (C=O) groups is 1. The third kappa shape index (κ3) is 3.69. The van der Waals surface area contributed by atoms with Crippen molar-refractivity contribution in [3.8, 4) is 23.5 Å². The minimum Gasteiger partial charge on any atom is -0.317 e. The summed E-state index contributed by atoms with van der Waals surface area (Å²) in [6.07, 6.45) is 7.95. The van der Waals surface area contributed by atoms with Crippen LogP contribution in [-0.4, -0.2) is 10.4 Å². The van der Waals surface area contributed by atoms with Crippen LogP contribution in [0.3, 0.4) is 0 Å². The molecule has 0 saturated carbocycles. The molecular formula is C28H23NO2. The van der Waals surface area contributed by atoms with Gasteiger partial charge in [-0.2, -0.15) is 0 Å². The van der Waals surface area contributed by atoms with Crippen LogP contribution in [0, 0.1) is 26.2 Å². The van der Waals surface area contributed by atoms with E-state index in [1.54, 1.807) is 17.7 Å². The van der Waals surface area contributed by atoms with Gasteiger partial charge in [0, 0.05) is 29.8 Å². The Kier molecular flexibility index (Phi) is 5.31. The molecule has 1 aromatic heterocycles. The summed E-state index contributed by atoms with van der Waals surface area (Å²) in [5, 5.41) is 1.51. The van der Waals surface area contributed by atoms with E-state index in [1.165, 1.54) is 16.7 Å². The fourth-order valence-corrected chi connectivity index (χ4v) is 4.16. The van der Waals surface area contributed by atoms with Gasteiger partial charge in [0.25, 0.3) is 5.56 Å². The number of nitrogens with zero attached hydrogens (tertiary/aromatic N) is 1. The molecule has 0 aliphatic rings. The van der Waals surface area contributed by atoms with Gasteiger partial charge in [-0.05, 0) is 71.5 Å². The summed E-state index contributed by atoms with van der Waals surface area (Å²) in [5.74, 6) is 1.86. The smallest absolute Gasteiger partial charge is 0.258 e. The first-order chi connectivity index (χ1) is 14.9. The second-order valence-electron chi connectivity index (χ2n) is 7.90. The minimum absolute atomic E-state index is 0.0495. The lowest BCUT2D eigenvalue weighted by Crippen LogP contribution is -2.16. The molecule has 0 amide bonds. The van der Waals surface area contributed by atoms with Crippen LogP contribution < -0.4 is 5.56 Å². The summed E-state index contributed by atoms with van der Waals surface area (Å²) < 4.78 is 1.59. The average molecular weight is 405 g/mol. The Bertz CT molecular complexity index is 1410. The first-order valence-electron chi connectivity index (χ1n) is 10.2. The number of hydrogen-bond donors (Lipinski definition) is 0. The van der Waals surface area contributed by atoms with Crippen LogP contribution in [0.15, 0.2) is 71.7 Å². The standard InChI is InChI=1S/C28H23NO2/c1-5-27(30)21-14-13-20(15-24-18(2)9-8-10-19(24)3)25(16-21)26-17-29(4)28(31)23-12-7-6-11-22(23)26/h1,6-14,16-17H,15H2,2-4H3. The maximum absolute atomic E-state index is 12.7. The van der Waals surface area contributed by atoms with Crippen LogP contribution in [-0.2, 0) is 13.5 Å². The van der Waals surface area contributed by atoms with Crippen molar-refractivity contribution in [1.82, 2.24) is 4.57 Å². The molecule has 31 heavy (non-hydrogen) atoms. The number of rotatable bonds is 4. The van der Waals surface area contributed by atoms with E-state index < -0.39 is 0 Å². The summed E-state index contributed by atoms with van der Waals surface area (Å²) in [6.45, 7) is 4.22. The topological polar surface area (TPSA) is 39.1 Å². The molecule has 3 aromatic carbocycles. The van der Waals surface area contributed by atoms with Gasteiger partial charge >= 0.3 is 0 Å². The number of carbonyl (C=O) groups excluding carboxylic acids is 1. The van der Waals surface area contributed by atoms with E-state index in [2.05, 4.69) is 38.0 Å². The van der Waals surface area contributed by atoms with E-state index in [4.69, 9.17) is 6.42 Å². The highest BCUT2D eigenvalue weighted by atomic mass is 16.1. The molecule has 0 spiro atoms. The maximum Gasteiger partial charge on any atom is 0.258 e. The van der Waals surface area contributed by atoms with Crippen LogP contribution in [0.1, 0.15) is 32.6 Å². The zero-order valence-electron chi connectivity index (χ0n) is 17.9. The molecule has 152 valence electrons. The van der Waals surface area contributed by atoms with Crippen LogP contribution in [0.25, 0.3) is 21.9 Å². The number of terminal acetylenes is 1. The maximum atomic E-state index is 12.7. The van der Waals surface area contributed by atoms with E-state index in [1.807, 2.05) is 42.6 Å². The molecule has 0 aliphatic carbocycles. The Morgan fingerprint density at radius 3 is 2.29 bits per heavy atom. The molecule has 0 atom stereocenters. The number of hydrogen-bond acceptors (Lipinski definition) is 2. The minimum atomic E-state index is -0.353. The third-order valence-electron chi connectivity index (χ3n) is 5.90. The lowest BCUT2D eigenvalue weighted by atomic mass is 9.88. The number of pyridine rings is 1. The second kappa shape index (κ2) is 8.08. The molecule has 0 N–H and O–H groups in total. The van der Waals surface area contributed by atoms with Gasteiger partial charge < -0.3 is 4.57 Å². The van der Waals surface area contributed by atoms with Crippen LogP contribution >= 0.6 is 0 Å². The van der Waals surface area contributed by atoms with Crippen molar-refractivity contribution in [2.24, 2.45) is 7.05 Å². The molecule has 1 heterocycles. The van der Waals surface area contributed by atoms with Crippen molar-refractivity contribution in [3.05, 3.63) is 105 Å². The molecule has 3 nitrogen and oxygen atoms in total. The lowest BCUT2D eigenvalue weighted by molar-refractivity contribution is 0.105. The van der Waals surface area contributed by atoms with Crippen molar-refractivity contribution < 1.29 is 4.79 Å². The van der Waals surface area contributed by atoms with E-state index in [0.29, 0.717) is 10.9 Å². The number of Topliss-reactive ketones (excluding diaryl/α,β-unsaturated/α-hetero) is 1. The number of aryl methyl sites for hydroxylation is 3.